The van der Waals surface area contributed by atoms with Crippen LogP contribution >= 0.6 is 11.6 Å². The zero-order valence-corrected chi connectivity index (χ0v) is 16.3. The Hall–Kier alpha value is -2.46. The first kappa shape index (κ1) is 17.6. The third-order valence-electron chi connectivity index (χ3n) is 6.77. The van der Waals surface area contributed by atoms with Crippen LogP contribution in [-0.4, -0.2) is 10.9 Å². The molecule has 1 unspecified atom stereocenters. The fourth-order valence-corrected chi connectivity index (χ4v) is 5.38. The molecule has 5 heteroatoms. The second-order valence-corrected chi connectivity index (χ2v) is 8.85. The first-order valence-electron chi connectivity index (χ1n) is 9.52. The quantitative estimate of drug-likeness (QED) is 0.614. The number of halogens is 2. The van der Waals surface area contributed by atoms with E-state index < -0.39 is 0 Å². The topological polar surface area (TPSA) is 42.0 Å². The van der Waals surface area contributed by atoms with Crippen molar-refractivity contribution in [3.05, 3.63) is 71.1 Å². The van der Waals surface area contributed by atoms with Crippen molar-refractivity contribution in [2.75, 3.05) is 5.32 Å². The lowest BCUT2D eigenvalue weighted by Gasteiger charge is -2.73. The molecule has 3 saturated carbocycles. The van der Waals surface area contributed by atoms with E-state index in [1.807, 2.05) is 25.1 Å². The first-order chi connectivity index (χ1) is 13.4. The van der Waals surface area contributed by atoms with Crippen LogP contribution in [0.4, 0.5) is 10.1 Å². The Labute approximate surface area is 167 Å². The maximum Gasteiger partial charge on any atom is 0.227 e. The molecular formula is C23H20ClFN2O. The molecule has 6 rings (SSSR count). The molecule has 3 fully saturated rings. The SMILES string of the molecule is CC(C(=O)Nc1ccc(Cl)cc1)C12CC(c3ccnc4ccc(F)cc34)(C1)C2. The number of amides is 1. The standard InChI is InChI=1S/C23H20ClFN2O/c1-14(21(28)27-17-5-2-15(24)3-6-17)22-11-23(12-22,13-22)19-8-9-26-20-7-4-16(25)10-18(19)20/h2-10,14H,11-13H2,1H3,(H,27,28). The Balaban J connectivity index is 1.34. The van der Waals surface area contributed by atoms with Crippen molar-refractivity contribution >= 4 is 34.1 Å². The minimum absolute atomic E-state index is 0.0411. The summed E-state index contributed by atoms with van der Waals surface area (Å²) in [6.45, 7) is 2.01. The highest BCUT2D eigenvalue weighted by Gasteiger charge is 2.71. The molecule has 0 aliphatic heterocycles. The Kier molecular flexibility index (Phi) is 3.79. The van der Waals surface area contributed by atoms with Gasteiger partial charge in [-0.3, -0.25) is 9.78 Å². The van der Waals surface area contributed by atoms with Gasteiger partial charge >= 0.3 is 0 Å². The Morgan fingerprint density at radius 1 is 1.14 bits per heavy atom. The zero-order chi connectivity index (χ0) is 19.5. The van der Waals surface area contributed by atoms with Crippen LogP contribution in [0.2, 0.25) is 5.02 Å². The lowest BCUT2D eigenvalue weighted by atomic mass is 9.30. The molecule has 1 N–H and O–H groups in total. The van der Waals surface area contributed by atoms with Crippen LogP contribution in [0.25, 0.3) is 10.9 Å². The van der Waals surface area contributed by atoms with Crippen LogP contribution < -0.4 is 5.32 Å². The molecule has 2 bridgehead atoms. The number of rotatable bonds is 4. The maximum atomic E-state index is 13.8. The van der Waals surface area contributed by atoms with Crippen molar-refractivity contribution in [3.8, 4) is 0 Å². The Bertz CT molecular complexity index is 1080. The zero-order valence-electron chi connectivity index (χ0n) is 15.5. The van der Waals surface area contributed by atoms with Crippen LogP contribution in [0.1, 0.15) is 31.7 Å². The lowest BCUT2D eigenvalue weighted by molar-refractivity contribution is -0.180. The van der Waals surface area contributed by atoms with Gasteiger partial charge < -0.3 is 5.32 Å². The first-order valence-corrected chi connectivity index (χ1v) is 9.90. The molecule has 2 aromatic carbocycles. The molecule has 3 aromatic rings. The summed E-state index contributed by atoms with van der Waals surface area (Å²) in [6.07, 6.45) is 4.69. The molecule has 1 aromatic heterocycles. The molecule has 0 radical (unpaired) electrons. The summed E-state index contributed by atoms with van der Waals surface area (Å²) in [7, 11) is 0. The number of carbonyl (C=O) groups excluding carboxylic acids is 1. The van der Waals surface area contributed by atoms with Gasteiger partial charge in [0.1, 0.15) is 5.82 Å². The van der Waals surface area contributed by atoms with Crippen molar-refractivity contribution in [2.45, 2.75) is 31.6 Å². The molecule has 3 nitrogen and oxygen atoms in total. The number of pyridine rings is 1. The second-order valence-electron chi connectivity index (χ2n) is 8.41. The molecule has 28 heavy (non-hydrogen) atoms. The van der Waals surface area contributed by atoms with E-state index in [-0.39, 0.29) is 28.5 Å². The predicted octanol–water partition coefficient (Wildman–Crippen LogP) is 5.72. The van der Waals surface area contributed by atoms with E-state index >= 15 is 0 Å². The molecule has 1 heterocycles. The van der Waals surface area contributed by atoms with E-state index in [1.165, 1.54) is 11.6 Å². The average Bonchev–Trinajstić information content (AvgIpc) is 2.61. The van der Waals surface area contributed by atoms with Crippen LogP contribution in [0, 0.1) is 17.2 Å². The van der Waals surface area contributed by atoms with Crippen molar-refractivity contribution < 1.29 is 9.18 Å². The summed E-state index contributed by atoms with van der Waals surface area (Å²) in [5.74, 6) is -0.269. The van der Waals surface area contributed by atoms with Gasteiger partial charge in [0.2, 0.25) is 5.91 Å². The van der Waals surface area contributed by atoms with Crippen LogP contribution in [0.15, 0.2) is 54.7 Å². The molecule has 142 valence electrons. The molecule has 3 aliphatic rings. The summed E-state index contributed by atoms with van der Waals surface area (Å²) >= 11 is 5.91. The summed E-state index contributed by atoms with van der Waals surface area (Å²) in [5.41, 5.74) is 2.86. The van der Waals surface area contributed by atoms with Gasteiger partial charge in [-0.1, -0.05) is 18.5 Å². The normalized spacial score (nSPS) is 26.2. The van der Waals surface area contributed by atoms with Crippen molar-refractivity contribution in [3.63, 3.8) is 0 Å². The van der Waals surface area contributed by atoms with Gasteiger partial charge in [-0.05, 0) is 84.2 Å². The summed E-state index contributed by atoms with van der Waals surface area (Å²) in [4.78, 5) is 17.1. The van der Waals surface area contributed by atoms with Gasteiger partial charge in [0.25, 0.3) is 0 Å². The monoisotopic (exact) mass is 394 g/mol. The van der Waals surface area contributed by atoms with Gasteiger partial charge in [0, 0.05) is 28.2 Å². The van der Waals surface area contributed by atoms with Gasteiger partial charge in [-0.25, -0.2) is 4.39 Å². The molecule has 0 saturated heterocycles. The average molecular weight is 395 g/mol. The highest BCUT2D eigenvalue weighted by atomic mass is 35.5. The molecular weight excluding hydrogens is 375 g/mol. The van der Waals surface area contributed by atoms with Gasteiger partial charge in [-0.15, -0.1) is 0 Å². The second kappa shape index (κ2) is 6.02. The third kappa shape index (κ3) is 2.55. The van der Waals surface area contributed by atoms with E-state index in [0.717, 1.165) is 35.9 Å². The number of nitrogens with one attached hydrogen (secondary N) is 1. The number of aromatic nitrogens is 1. The fraction of sp³-hybridized carbons (Fsp3) is 0.304. The van der Waals surface area contributed by atoms with E-state index in [2.05, 4.69) is 10.3 Å². The minimum atomic E-state index is -0.237. The number of hydrogen-bond donors (Lipinski definition) is 1. The summed E-state index contributed by atoms with van der Waals surface area (Å²) < 4.78 is 13.8. The molecule has 3 aliphatic carbocycles. The van der Waals surface area contributed by atoms with Crippen molar-refractivity contribution in [2.24, 2.45) is 11.3 Å². The van der Waals surface area contributed by atoms with E-state index in [1.54, 1.807) is 30.5 Å². The van der Waals surface area contributed by atoms with Crippen LogP contribution in [0.3, 0.4) is 0 Å². The van der Waals surface area contributed by atoms with Crippen LogP contribution in [-0.2, 0) is 10.2 Å². The number of benzene rings is 2. The summed E-state index contributed by atoms with van der Waals surface area (Å²) in [5, 5.41) is 4.54. The van der Waals surface area contributed by atoms with Crippen molar-refractivity contribution in [1.29, 1.82) is 0 Å². The van der Waals surface area contributed by atoms with E-state index in [9.17, 15) is 9.18 Å². The van der Waals surface area contributed by atoms with Gasteiger partial charge in [0.05, 0.1) is 5.52 Å². The molecule has 1 amide bonds. The van der Waals surface area contributed by atoms with E-state index in [0.29, 0.717) is 5.02 Å². The smallest absolute Gasteiger partial charge is 0.227 e. The maximum absolute atomic E-state index is 13.8. The van der Waals surface area contributed by atoms with Crippen LogP contribution in [0.5, 0.6) is 0 Å². The third-order valence-corrected chi connectivity index (χ3v) is 7.02. The largest absolute Gasteiger partial charge is 0.326 e. The number of nitrogens with zero attached hydrogens (tertiary/aromatic N) is 1. The van der Waals surface area contributed by atoms with Crippen molar-refractivity contribution in [1.82, 2.24) is 4.98 Å². The highest BCUT2D eigenvalue weighted by molar-refractivity contribution is 6.30. The van der Waals surface area contributed by atoms with Gasteiger partial charge in [-0.2, -0.15) is 0 Å². The number of fused-ring (bicyclic) bond motifs is 1. The predicted molar refractivity (Wildman–Crippen MR) is 109 cm³/mol. The Morgan fingerprint density at radius 2 is 1.86 bits per heavy atom. The summed E-state index contributed by atoms with van der Waals surface area (Å²) in [6, 6.07) is 14.0. The highest BCUT2D eigenvalue weighted by Crippen LogP contribution is 2.76. The molecule has 0 spiro atoms. The van der Waals surface area contributed by atoms with E-state index in [4.69, 9.17) is 11.6 Å². The van der Waals surface area contributed by atoms with Gasteiger partial charge in [0.15, 0.2) is 0 Å². The fourth-order valence-electron chi connectivity index (χ4n) is 5.25. The Morgan fingerprint density at radius 3 is 2.57 bits per heavy atom. The minimum Gasteiger partial charge on any atom is -0.326 e. The number of carbonyl (C=O) groups is 1. The molecule has 1 atom stereocenters. The number of hydrogen-bond acceptors (Lipinski definition) is 2. The number of anilines is 1. The lowest BCUT2D eigenvalue weighted by Crippen LogP contribution is -2.68.